The Labute approximate surface area is 101 Å². The second-order valence-electron chi connectivity index (χ2n) is 3.94. The van der Waals surface area contributed by atoms with Crippen molar-refractivity contribution in [1.82, 2.24) is 10.6 Å². The van der Waals surface area contributed by atoms with Crippen LogP contribution in [0.3, 0.4) is 0 Å². The Hall–Kier alpha value is -2.18. The van der Waals surface area contributed by atoms with E-state index in [-0.39, 0.29) is 5.75 Å². The first kappa shape index (κ1) is 12.3. The van der Waals surface area contributed by atoms with Crippen LogP contribution >= 0.6 is 0 Å². The van der Waals surface area contributed by atoms with Crippen molar-refractivity contribution in [3.63, 3.8) is 0 Å². The average Bonchev–Trinajstić information content (AvgIpc) is 2.53. The second kappa shape index (κ2) is 4.25. The quantitative estimate of drug-likeness (QED) is 0.802. The van der Waals surface area contributed by atoms with E-state index in [1.54, 1.807) is 0 Å². The molecule has 0 unspecified atom stereocenters. The monoisotopic (exact) mass is 256 g/mol. The molecule has 1 aromatic rings. The normalized spacial score (nSPS) is 22.9. The first-order valence-electron chi connectivity index (χ1n) is 5.11. The van der Waals surface area contributed by atoms with Gasteiger partial charge in [0.05, 0.1) is 0 Å². The van der Waals surface area contributed by atoms with Crippen molar-refractivity contribution in [2.24, 2.45) is 0 Å². The molecule has 1 fully saturated rings. The maximum absolute atomic E-state index is 12.0. The van der Waals surface area contributed by atoms with Gasteiger partial charge in [0, 0.05) is 0 Å². The van der Waals surface area contributed by atoms with Gasteiger partial charge in [-0.2, -0.15) is 8.78 Å². The van der Waals surface area contributed by atoms with E-state index < -0.39 is 24.1 Å². The number of urea groups is 1. The fraction of sp³-hybridized carbons (Fsp3) is 0.273. The number of hydrogen-bond acceptors (Lipinski definition) is 3. The number of carbonyl (C=O) groups is 2. The number of halogens is 2. The molecule has 18 heavy (non-hydrogen) atoms. The molecule has 2 N–H and O–H groups in total. The van der Waals surface area contributed by atoms with E-state index in [2.05, 4.69) is 15.4 Å². The van der Waals surface area contributed by atoms with Crippen LogP contribution in [-0.4, -0.2) is 18.5 Å². The van der Waals surface area contributed by atoms with Crippen LogP contribution in [-0.2, 0) is 10.3 Å². The predicted octanol–water partition coefficient (Wildman–Crippen LogP) is 1.34. The summed E-state index contributed by atoms with van der Waals surface area (Å²) in [5.74, 6) is -0.503. The van der Waals surface area contributed by atoms with Crippen LogP contribution in [0.15, 0.2) is 24.3 Å². The first-order valence-corrected chi connectivity index (χ1v) is 5.11. The molecule has 7 heteroatoms. The maximum atomic E-state index is 12.0. The molecule has 1 saturated heterocycles. The van der Waals surface area contributed by atoms with Gasteiger partial charge < -0.3 is 10.1 Å². The van der Waals surface area contributed by atoms with Crippen molar-refractivity contribution >= 4 is 11.9 Å². The lowest BCUT2D eigenvalue weighted by Crippen LogP contribution is -2.40. The zero-order chi connectivity index (χ0) is 13.3. The van der Waals surface area contributed by atoms with Crippen molar-refractivity contribution in [2.75, 3.05) is 0 Å². The third kappa shape index (κ3) is 2.11. The summed E-state index contributed by atoms with van der Waals surface area (Å²) in [6.45, 7) is -1.38. The highest BCUT2D eigenvalue weighted by Gasteiger charge is 2.43. The molecule has 0 aliphatic carbocycles. The summed E-state index contributed by atoms with van der Waals surface area (Å²) >= 11 is 0. The number of alkyl halides is 2. The Bertz CT molecular complexity index is 490. The number of imide groups is 1. The van der Waals surface area contributed by atoms with Crippen molar-refractivity contribution in [1.29, 1.82) is 0 Å². The predicted molar refractivity (Wildman–Crippen MR) is 57.1 cm³/mol. The summed E-state index contributed by atoms with van der Waals surface area (Å²) in [5, 5.41) is 4.58. The number of ether oxygens (including phenoxy) is 1. The van der Waals surface area contributed by atoms with Crippen molar-refractivity contribution in [3.05, 3.63) is 29.8 Å². The summed E-state index contributed by atoms with van der Waals surface area (Å²) in [6.07, 6.45) is 0. The minimum atomic E-state index is -2.90. The van der Waals surface area contributed by atoms with Crippen LogP contribution in [0.5, 0.6) is 5.75 Å². The molecule has 96 valence electrons. The van der Waals surface area contributed by atoms with Crippen LogP contribution in [0.2, 0.25) is 0 Å². The van der Waals surface area contributed by atoms with Gasteiger partial charge in [-0.15, -0.1) is 0 Å². The summed E-state index contributed by atoms with van der Waals surface area (Å²) in [5.41, 5.74) is -0.715. The Morgan fingerprint density at radius 1 is 1.22 bits per heavy atom. The number of nitrogens with one attached hydrogen (secondary N) is 2. The lowest BCUT2D eigenvalue weighted by Gasteiger charge is -2.21. The fourth-order valence-corrected chi connectivity index (χ4v) is 1.72. The average molecular weight is 256 g/mol. The maximum Gasteiger partial charge on any atom is 0.387 e. The van der Waals surface area contributed by atoms with Gasteiger partial charge in [-0.1, -0.05) is 12.1 Å². The molecule has 0 aromatic heterocycles. The van der Waals surface area contributed by atoms with Gasteiger partial charge in [0.15, 0.2) is 0 Å². The van der Waals surface area contributed by atoms with Crippen LogP contribution in [0, 0.1) is 0 Å². The third-order valence-electron chi connectivity index (χ3n) is 2.70. The highest BCUT2D eigenvalue weighted by Crippen LogP contribution is 2.26. The van der Waals surface area contributed by atoms with Gasteiger partial charge in [-0.05, 0) is 24.6 Å². The van der Waals surface area contributed by atoms with E-state index in [0.29, 0.717) is 5.56 Å². The molecule has 0 spiro atoms. The number of rotatable bonds is 3. The lowest BCUT2D eigenvalue weighted by molar-refractivity contribution is -0.123. The van der Waals surface area contributed by atoms with E-state index in [1.807, 2.05) is 0 Å². The smallest absolute Gasteiger partial charge is 0.387 e. The topological polar surface area (TPSA) is 67.4 Å². The van der Waals surface area contributed by atoms with E-state index in [4.69, 9.17) is 0 Å². The third-order valence-corrected chi connectivity index (χ3v) is 2.70. The number of amides is 3. The van der Waals surface area contributed by atoms with Crippen molar-refractivity contribution in [2.45, 2.75) is 19.1 Å². The van der Waals surface area contributed by atoms with Crippen LogP contribution in [0.1, 0.15) is 12.5 Å². The van der Waals surface area contributed by atoms with E-state index in [0.717, 1.165) is 0 Å². The Balaban J connectivity index is 2.24. The van der Waals surface area contributed by atoms with Crippen LogP contribution in [0.4, 0.5) is 13.6 Å². The van der Waals surface area contributed by atoms with Crippen LogP contribution < -0.4 is 15.4 Å². The molecule has 1 aliphatic rings. The largest absolute Gasteiger partial charge is 0.435 e. The molecule has 3 amide bonds. The second-order valence-corrected chi connectivity index (χ2v) is 3.94. The highest BCUT2D eigenvalue weighted by atomic mass is 19.3. The highest BCUT2D eigenvalue weighted by molar-refractivity contribution is 6.07. The van der Waals surface area contributed by atoms with E-state index >= 15 is 0 Å². The Kier molecular flexibility index (Phi) is 2.90. The molecule has 1 heterocycles. The van der Waals surface area contributed by atoms with Crippen molar-refractivity contribution < 1.29 is 23.1 Å². The lowest BCUT2D eigenvalue weighted by atomic mass is 9.92. The number of hydrogen-bond donors (Lipinski definition) is 2. The standard InChI is InChI=1S/C11H10F2N2O3/c1-11(8(16)14-10(17)15-11)6-2-4-7(5-3-6)18-9(12)13/h2-5,9H,1H3,(H2,14,15,16,17)/t11-/m1/s1. The summed E-state index contributed by atoms with van der Waals surface area (Å²) in [7, 11) is 0. The molecule has 0 radical (unpaired) electrons. The minimum absolute atomic E-state index is 0.0120. The number of benzene rings is 1. The number of carbonyl (C=O) groups excluding carboxylic acids is 2. The molecule has 0 saturated carbocycles. The summed E-state index contributed by atoms with van der Waals surface area (Å²) in [6, 6.07) is 4.93. The molecule has 0 bridgehead atoms. The molecular weight excluding hydrogens is 246 g/mol. The molecule has 1 atom stereocenters. The summed E-state index contributed by atoms with van der Waals surface area (Å²) < 4.78 is 28.1. The molecular formula is C11H10F2N2O3. The Morgan fingerprint density at radius 2 is 1.83 bits per heavy atom. The van der Waals surface area contributed by atoms with Gasteiger partial charge in [-0.3, -0.25) is 10.1 Å². The zero-order valence-electron chi connectivity index (χ0n) is 9.37. The SMILES string of the molecule is C[C@]1(c2ccc(OC(F)F)cc2)NC(=O)NC1=O. The molecule has 1 aromatic carbocycles. The molecule has 5 nitrogen and oxygen atoms in total. The van der Waals surface area contributed by atoms with Gasteiger partial charge in [-0.25, -0.2) is 4.79 Å². The van der Waals surface area contributed by atoms with Crippen molar-refractivity contribution in [3.8, 4) is 5.75 Å². The van der Waals surface area contributed by atoms with Crippen LogP contribution in [0.25, 0.3) is 0 Å². The van der Waals surface area contributed by atoms with E-state index in [9.17, 15) is 18.4 Å². The van der Waals surface area contributed by atoms with E-state index in [1.165, 1.54) is 31.2 Å². The minimum Gasteiger partial charge on any atom is -0.435 e. The van der Waals surface area contributed by atoms with Gasteiger partial charge >= 0.3 is 12.6 Å². The zero-order valence-corrected chi connectivity index (χ0v) is 9.37. The fourth-order valence-electron chi connectivity index (χ4n) is 1.72. The van der Waals surface area contributed by atoms with Gasteiger partial charge in [0.1, 0.15) is 11.3 Å². The Morgan fingerprint density at radius 3 is 2.28 bits per heavy atom. The summed E-state index contributed by atoms with van der Waals surface area (Å²) in [4.78, 5) is 22.7. The van der Waals surface area contributed by atoms with Gasteiger partial charge in [0.25, 0.3) is 5.91 Å². The molecule has 2 rings (SSSR count). The first-order chi connectivity index (χ1) is 8.41. The van der Waals surface area contributed by atoms with Gasteiger partial charge in [0.2, 0.25) is 0 Å². The molecule has 1 aliphatic heterocycles.